The lowest BCUT2D eigenvalue weighted by atomic mass is 10.1. The van der Waals surface area contributed by atoms with Gasteiger partial charge >= 0.3 is 0 Å². The van der Waals surface area contributed by atoms with Gasteiger partial charge in [-0.3, -0.25) is 0 Å². The molecule has 0 aliphatic carbocycles. The molecule has 0 saturated heterocycles. The summed E-state index contributed by atoms with van der Waals surface area (Å²) in [5.41, 5.74) is 17.5. The van der Waals surface area contributed by atoms with Crippen LogP contribution in [-0.4, -0.2) is 28.7 Å². The third-order valence-corrected chi connectivity index (χ3v) is 17.3. The number of para-hydroxylation sites is 6. The van der Waals surface area contributed by atoms with E-state index in [1.807, 2.05) is 36.4 Å². The van der Waals surface area contributed by atoms with E-state index in [2.05, 4.69) is 232 Å². The summed E-state index contributed by atoms with van der Waals surface area (Å²) in [7, 11) is 0. The molecule has 0 unspecified atom stereocenters. The van der Waals surface area contributed by atoms with Crippen LogP contribution < -0.4 is 0 Å². The van der Waals surface area contributed by atoms with Crippen molar-refractivity contribution in [2.75, 3.05) is 0 Å². The molecule has 0 spiro atoms. The number of nitrogens with zero attached hydrogens (tertiary/aromatic N) is 6. The first-order chi connectivity index (χ1) is 41.6. The highest BCUT2D eigenvalue weighted by molar-refractivity contribution is 6.30. The number of furan rings is 3. The van der Waals surface area contributed by atoms with Crippen LogP contribution in [0.15, 0.2) is 268 Å². The Morgan fingerprint density at radius 1 is 0.214 bits per heavy atom. The molecular weight excluding hydrogens is 1030 g/mol. The van der Waals surface area contributed by atoms with Gasteiger partial charge in [-0.15, -0.1) is 0 Å². The molecule has 390 valence electrons. The number of rotatable bonds is 6. The topological polar surface area (TPSA) is 92.9 Å². The molecule has 0 bridgehead atoms. The Balaban J connectivity index is 0.778. The Morgan fingerprint density at radius 3 is 0.940 bits per heavy atom. The van der Waals surface area contributed by atoms with Gasteiger partial charge in [0, 0.05) is 98.4 Å². The summed E-state index contributed by atoms with van der Waals surface area (Å²) in [6, 6.07) is 89.4. The van der Waals surface area contributed by atoms with Gasteiger partial charge in [-0.05, 0) is 133 Å². The van der Waals surface area contributed by atoms with Gasteiger partial charge in [-0.2, -0.15) is 0 Å². The van der Waals surface area contributed by atoms with Crippen molar-refractivity contribution in [3.05, 3.63) is 255 Å². The molecule has 12 aromatic carbocycles. The zero-order valence-corrected chi connectivity index (χ0v) is 44.7. The largest absolute Gasteiger partial charge is 0.456 e. The molecule has 0 aliphatic rings. The van der Waals surface area contributed by atoms with Crippen LogP contribution in [0, 0.1) is 0 Å². The van der Waals surface area contributed by atoms with Crippen LogP contribution in [0.4, 0.5) is 0 Å². The van der Waals surface area contributed by atoms with Crippen LogP contribution >= 0.6 is 0 Å². The van der Waals surface area contributed by atoms with E-state index in [1.165, 1.54) is 21.5 Å². The minimum absolute atomic E-state index is 0.562. The Bertz CT molecular complexity index is 5740. The van der Waals surface area contributed by atoms with E-state index >= 15 is 0 Å². The summed E-state index contributed by atoms with van der Waals surface area (Å²) < 4.78 is 26.3. The van der Waals surface area contributed by atoms with E-state index in [9.17, 15) is 0 Å². The van der Waals surface area contributed by atoms with Crippen molar-refractivity contribution < 1.29 is 13.3 Å². The highest BCUT2D eigenvalue weighted by Gasteiger charge is 2.24. The zero-order chi connectivity index (χ0) is 54.7. The molecule has 7 heterocycles. The molecule has 0 amide bonds. The van der Waals surface area contributed by atoms with Crippen LogP contribution in [0.5, 0.6) is 0 Å². The first-order valence-corrected chi connectivity index (χ1v) is 28.2. The van der Waals surface area contributed by atoms with Crippen LogP contribution in [0.1, 0.15) is 0 Å². The fourth-order valence-electron chi connectivity index (χ4n) is 13.7. The van der Waals surface area contributed by atoms with Gasteiger partial charge in [0.1, 0.15) is 33.5 Å². The standard InChI is InChI=1S/C75H42N6O3/c1-7-22-55-49(16-1)67-58(36-39-64-70(67)52-19-4-10-25-61(52)82-64)79(55)46-32-28-43(29-33-46)73-76-74(44-30-34-47(35-31-44)80-56-23-8-2-17-50(56)68-59(80)37-40-65-71(68)53-20-5-11-26-62(53)83-65)78-75(77-73)45-14-13-15-48(42-45)81-57-24-9-3-18-51(57)69-60(81)38-41-66-72(69)54-21-6-12-27-63(54)84-66/h1-42H. The summed E-state index contributed by atoms with van der Waals surface area (Å²) in [5, 5.41) is 13.7. The predicted octanol–water partition coefficient (Wildman–Crippen LogP) is 19.9. The van der Waals surface area contributed by atoms with Gasteiger partial charge in [0.25, 0.3) is 0 Å². The SMILES string of the molecule is c1cc(-c2nc(-c3ccc(-n4c5ccccc5c5c6c(ccc54)oc4ccccc46)cc3)nc(-c3ccc(-n4c5ccccc5c5c6c(ccc54)oc4ccccc46)cc3)n2)cc(-n2c3ccccc3c3c4c(ccc32)oc2ccccc24)c1. The van der Waals surface area contributed by atoms with Crippen molar-refractivity contribution in [2.45, 2.75) is 0 Å². The Labute approximate surface area is 476 Å². The maximum absolute atomic E-state index is 6.42. The molecule has 9 heteroatoms. The molecule has 0 atom stereocenters. The lowest BCUT2D eigenvalue weighted by molar-refractivity contribution is 0.669. The van der Waals surface area contributed by atoms with E-state index in [0.717, 1.165) is 143 Å². The quantitative estimate of drug-likeness (QED) is 0.165. The minimum Gasteiger partial charge on any atom is -0.456 e. The van der Waals surface area contributed by atoms with Crippen molar-refractivity contribution in [3.63, 3.8) is 0 Å². The van der Waals surface area contributed by atoms with Gasteiger partial charge in [-0.25, -0.2) is 15.0 Å². The molecule has 0 fully saturated rings. The predicted molar refractivity (Wildman–Crippen MR) is 341 cm³/mol. The Morgan fingerprint density at radius 2 is 0.548 bits per heavy atom. The van der Waals surface area contributed by atoms with Crippen molar-refractivity contribution in [2.24, 2.45) is 0 Å². The van der Waals surface area contributed by atoms with E-state index in [1.54, 1.807) is 0 Å². The normalized spacial score (nSPS) is 12.3. The zero-order valence-electron chi connectivity index (χ0n) is 44.7. The third-order valence-electron chi connectivity index (χ3n) is 17.3. The first kappa shape index (κ1) is 45.2. The molecule has 19 rings (SSSR count). The molecular formula is C75H42N6O3. The second kappa shape index (κ2) is 17.0. The molecule has 0 radical (unpaired) electrons. The monoisotopic (exact) mass is 1070 g/mol. The average molecular weight is 1080 g/mol. The Hall–Kier alpha value is -11.6. The van der Waals surface area contributed by atoms with Crippen molar-refractivity contribution in [3.8, 4) is 51.2 Å². The summed E-state index contributed by atoms with van der Waals surface area (Å²) in [5.74, 6) is 1.69. The van der Waals surface area contributed by atoms with Gasteiger partial charge in [0.15, 0.2) is 17.5 Å². The van der Waals surface area contributed by atoms with Crippen LogP contribution in [0.25, 0.3) is 182 Å². The summed E-state index contributed by atoms with van der Waals surface area (Å²) >= 11 is 0. The van der Waals surface area contributed by atoms with Crippen LogP contribution in [-0.2, 0) is 0 Å². The Kier molecular flexibility index (Phi) is 9.15. The van der Waals surface area contributed by atoms with Gasteiger partial charge in [0.2, 0.25) is 0 Å². The highest BCUT2D eigenvalue weighted by Crippen LogP contribution is 2.45. The number of fused-ring (bicyclic) bond motifs is 21. The summed E-state index contributed by atoms with van der Waals surface area (Å²) in [6.07, 6.45) is 0. The average Bonchev–Trinajstić information content (AvgIpc) is 3.78. The molecule has 0 saturated carbocycles. The third kappa shape index (κ3) is 6.34. The van der Waals surface area contributed by atoms with Crippen LogP contribution in [0.3, 0.4) is 0 Å². The second-order valence-corrected chi connectivity index (χ2v) is 21.8. The number of hydrogen-bond acceptors (Lipinski definition) is 6. The number of aromatic nitrogens is 6. The summed E-state index contributed by atoms with van der Waals surface area (Å²) in [6.45, 7) is 0. The maximum Gasteiger partial charge on any atom is 0.164 e. The number of benzene rings is 12. The van der Waals surface area contributed by atoms with Gasteiger partial charge in [0.05, 0.1) is 33.1 Å². The fraction of sp³-hybridized carbons (Fsp3) is 0. The lowest BCUT2D eigenvalue weighted by Crippen LogP contribution is -2.02. The molecule has 7 aromatic heterocycles. The first-order valence-electron chi connectivity index (χ1n) is 28.2. The van der Waals surface area contributed by atoms with E-state index in [4.69, 9.17) is 28.2 Å². The fourth-order valence-corrected chi connectivity index (χ4v) is 13.7. The van der Waals surface area contributed by atoms with Gasteiger partial charge < -0.3 is 27.0 Å². The van der Waals surface area contributed by atoms with Crippen molar-refractivity contribution >= 4 is 131 Å². The summed E-state index contributed by atoms with van der Waals surface area (Å²) in [4.78, 5) is 16.0. The molecule has 9 nitrogen and oxygen atoms in total. The lowest BCUT2D eigenvalue weighted by Gasteiger charge is -2.13. The second-order valence-electron chi connectivity index (χ2n) is 21.8. The molecule has 84 heavy (non-hydrogen) atoms. The smallest absolute Gasteiger partial charge is 0.164 e. The number of hydrogen-bond donors (Lipinski definition) is 0. The van der Waals surface area contributed by atoms with Crippen molar-refractivity contribution in [1.82, 2.24) is 28.7 Å². The van der Waals surface area contributed by atoms with E-state index < -0.39 is 0 Å². The minimum atomic E-state index is 0.562. The maximum atomic E-state index is 6.42. The van der Waals surface area contributed by atoms with E-state index in [0.29, 0.717) is 17.5 Å². The van der Waals surface area contributed by atoms with Gasteiger partial charge in [-0.1, -0.05) is 121 Å². The van der Waals surface area contributed by atoms with Crippen molar-refractivity contribution in [1.29, 1.82) is 0 Å². The highest BCUT2D eigenvalue weighted by atomic mass is 16.3. The molecule has 0 aliphatic heterocycles. The molecule has 0 N–H and O–H groups in total. The van der Waals surface area contributed by atoms with E-state index in [-0.39, 0.29) is 0 Å². The molecule has 19 aromatic rings. The van der Waals surface area contributed by atoms with Crippen LogP contribution in [0.2, 0.25) is 0 Å².